The van der Waals surface area contributed by atoms with Gasteiger partial charge < -0.3 is 67.9 Å². The van der Waals surface area contributed by atoms with Crippen LogP contribution in [0.3, 0.4) is 0 Å². The third-order valence-electron chi connectivity index (χ3n) is 6.09. The van der Waals surface area contributed by atoms with Crippen LogP contribution in [-0.4, -0.2) is 0 Å². The summed E-state index contributed by atoms with van der Waals surface area (Å²) in [7, 11) is -0.892. The standard InChI is InChI=1S/2C18H15P.4BrH.Ir/c2*1-4-10-16(11-5-1)19(17-12-6-2-7-13-17)18-14-8-3-9-15-18;;;;;/h2*1-15H;4*1H;/q;;;;;;+4/p-4. The Labute approximate surface area is 314 Å². The van der Waals surface area contributed by atoms with Gasteiger partial charge in [0.2, 0.25) is 0 Å². The molecule has 0 fully saturated rings. The van der Waals surface area contributed by atoms with Gasteiger partial charge in [-0.3, -0.25) is 0 Å². The molecule has 0 saturated heterocycles. The summed E-state index contributed by atoms with van der Waals surface area (Å²) < 4.78 is 0. The minimum Gasteiger partial charge on any atom is -1.00 e. The minimum atomic E-state index is -0.446. The van der Waals surface area contributed by atoms with Gasteiger partial charge in [-0.25, -0.2) is 0 Å². The van der Waals surface area contributed by atoms with Gasteiger partial charge in [0.15, 0.2) is 0 Å². The van der Waals surface area contributed by atoms with Crippen molar-refractivity contribution >= 4 is 47.7 Å². The second-order valence-corrected chi connectivity index (χ2v) is 13.1. The van der Waals surface area contributed by atoms with Crippen LogP contribution in [0.1, 0.15) is 0 Å². The summed E-state index contributed by atoms with van der Waals surface area (Å²) in [5, 5.41) is 8.39. The molecule has 0 nitrogen and oxygen atoms in total. The summed E-state index contributed by atoms with van der Waals surface area (Å²) >= 11 is 0. The fourth-order valence-electron chi connectivity index (χ4n) is 4.36. The van der Waals surface area contributed by atoms with Crippen molar-refractivity contribution in [2.24, 2.45) is 0 Å². The van der Waals surface area contributed by atoms with Crippen molar-refractivity contribution in [1.29, 1.82) is 0 Å². The van der Waals surface area contributed by atoms with Gasteiger partial charge in [-0.2, -0.15) is 0 Å². The molecule has 0 aliphatic heterocycles. The van der Waals surface area contributed by atoms with E-state index in [9.17, 15) is 0 Å². The zero-order chi connectivity index (χ0) is 25.8. The molecule has 0 saturated carbocycles. The van der Waals surface area contributed by atoms with Crippen molar-refractivity contribution in [1.82, 2.24) is 0 Å². The Balaban J connectivity index is 0.000000735. The maximum absolute atomic E-state index is 2.23. The first-order valence-corrected chi connectivity index (χ1v) is 15.5. The molecular formula is C36H30Br4IrP2. The maximum Gasteiger partial charge on any atom is 4.00 e. The van der Waals surface area contributed by atoms with E-state index >= 15 is 0 Å². The van der Waals surface area contributed by atoms with Gasteiger partial charge in [0.1, 0.15) is 0 Å². The molecular weight excluding hydrogens is 1010 g/mol. The molecule has 0 aromatic heterocycles. The smallest absolute Gasteiger partial charge is 1.00 e. The van der Waals surface area contributed by atoms with Gasteiger partial charge >= 0.3 is 20.1 Å². The Bertz CT molecular complexity index is 1190. The van der Waals surface area contributed by atoms with E-state index in [4.69, 9.17) is 0 Å². The van der Waals surface area contributed by atoms with E-state index < -0.39 is 15.8 Å². The molecule has 221 valence electrons. The molecule has 43 heavy (non-hydrogen) atoms. The Morgan fingerprint density at radius 1 is 0.209 bits per heavy atom. The van der Waals surface area contributed by atoms with Gasteiger partial charge in [0, 0.05) is 0 Å². The molecule has 0 N–H and O–H groups in total. The first-order chi connectivity index (χ1) is 18.9. The van der Waals surface area contributed by atoms with E-state index in [0.717, 1.165) is 0 Å². The molecule has 0 spiro atoms. The molecule has 0 atom stereocenters. The Hall–Kier alpha value is -1.25. The van der Waals surface area contributed by atoms with Gasteiger partial charge in [-0.15, -0.1) is 0 Å². The number of halogens is 4. The average Bonchev–Trinajstić information content (AvgIpc) is 3.01. The number of rotatable bonds is 6. The van der Waals surface area contributed by atoms with E-state index in [1.54, 1.807) is 0 Å². The zero-order valence-electron chi connectivity index (χ0n) is 23.1. The third-order valence-corrected chi connectivity index (χ3v) is 11.0. The summed E-state index contributed by atoms with van der Waals surface area (Å²) in [4.78, 5) is 0. The van der Waals surface area contributed by atoms with Gasteiger partial charge in [-0.1, -0.05) is 182 Å². The maximum atomic E-state index is 2.23. The molecule has 0 aliphatic rings. The van der Waals surface area contributed by atoms with Crippen LogP contribution in [0.25, 0.3) is 0 Å². The van der Waals surface area contributed by atoms with Crippen LogP contribution in [0, 0.1) is 0 Å². The van der Waals surface area contributed by atoms with Crippen molar-refractivity contribution in [3.63, 3.8) is 0 Å². The minimum absolute atomic E-state index is 0. The van der Waals surface area contributed by atoms with Crippen LogP contribution < -0.4 is 99.8 Å². The number of hydrogen-bond donors (Lipinski definition) is 0. The SMILES string of the molecule is [Br-].[Br-].[Br-].[Br-].[Ir+4].c1ccc(P(c2ccccc2)c2ccccc2)cc1.c1ccc(P(c2ccccc2)c2ccccc2)cc1. The van der Waals surface area contributed by atoms with Crippen LogP contribution in [-0.2, 0) is 20.1 Å². The third kappa shape index (κ3) is 12.2. The number of benzene rings is 6. The average molecular weight is 1040 g/mol. The van der Waals surface area contributed by atoms with Gasteiger partial charge in [0.25, 0.3) is 0 Å². The van der Waals surface area contributed by atoms with Crippen LogP contribution in [0.15, 0.2) is 182 Å². The van der Waals surface area contributed by atoms with Gasteiger partial charge in [0.05, 0.1) is 0 Å². The molecule has 0 heterocycles. The quantitative estimate of drug-likeness (QED) is 0.147. The monoisotopic (exact) mass is 1030 g/mol. The summed E-state index contributed by atoms with van der Waals surface area (Å²) in [5.41, 5.74) is 0. The number of hydrogen-bond acceptors (Lipinski definition) is 0. The molecule has 6 aromatic carbocycles. The summed E-state index contributed by atoms with van der Waals surface area (Å²) in [6, 6.07) is 64.7. The molecule has 0 bridgehead atoms. The first kappa shape index (κ1) is 41.7. The Morgan fingerprint density at radius 2 is 0.326 bits per heavy atom. The Morgan fingerprint density at radius 3 is 0.442 bits per heavy atom. The van der Waals surface area contributed by atoms with Crippen LogP contribution in [0.5, 0.6) is 0 Å². The van der Waals surface area contributed by atoms with Crippen molar-refractivity contribution in [3.8, 4) is 0 Å². The molecule has 6 rings (SSSR count). The van der Waals surface area contributed by atoms with E-state index in [0.29, 0.717) is 0 Å². The van der Waals surface area contributed by atoms with E-state index in [2.05, 4.69) is 182 Å². The van der Waals surface area contributed by atoms with Crippen molar-refractivity contribution in [2.45, 2.75) is 0 Å². The second kappa shape index (κ2) is 23.1. The fraction of sp³-hybridized carbons (Fsp3) is 0. The molecule has 0 amide bonds. The summed E-state index contributed by atoms with van der Waals surface area (Å²) in [6.07, 6.45) is 0. The predicted octanol–water partition coefficient (Wildman–Crippen LogP) is -5.10. The molecule has 0 aliphatic carbocycles. The van der Waals surface area contributed by atoms with Crippen molar-refractivity contribution in [2.75, 3.05) is 0 Å². The zero-order valence-corrected chi connectivity index (χ0v) is 33.6. The van der Waals surface area contributed by atoms with Gasteiger partial charge in [-0.05, 0) is 47.7 Å². The predicted molar refractivity (Wildman–Crippen MR) is 170 cm³/mol. The largest absolute Gasteiger partial charge is 4.00 e. The van der Waals surface area contributed by atoms with Crippen LogP contribution >= 0.6 is 15.8 Å². The van der Waals surface area contributed by atoms with Crippen molar-refractivity contribution in [3.05, 3.63) is 182 Å². The second-order valence-electron chi connectivity index (χ2n) is 8.68. The van der Waals surface area contributed by atoms with E-state index in [1.807, 2.05) is 0 Å². The van der Waals surface area contributed by atoms with E-state index in [-0.39, 0.29) is 88.0 Å². The summed E-state index contributed by atoms with van der Waals surface area (Å²) in [6.45, 7) is 0. The van der Waals surface area contributed by atoms with Crippen LogP contribution in [0.4, 0.5) is 0 Å². The molecule has 6 aromatic rings. The first-order valence-electron chi connectivity index (χ1n) is 12.8. The Kier molecular flexibility index (Phi) is 22.5. The topological polar surface area (TPSA) is 0 Å². The molecule has 0 unspecified atom stereocenters. The molecule has 7 heteroatoms. The molecule has 1 radical (unpaired) electrons. The normalized spacial score (nSPS) is 9.35. The van der Waals surface area contributed by atoms with Crippen LogP contribution in [0.2, 0.25) is 0 Å². The fourth-order valence-corrected chi connectivity index (χ4v) is 8.97. The summed E-state index contributed by atoms with van der Waals surface area (Å²) in [5.74, 6) is 0. The van der Waals surface area contributed by atoms with Crippen molar-refractivity contribution < 1.29 is 88.0 Å². The van der Waals surface area contributed by atoms with E-state index in [1.165, 1.54) is 31.8 Å².